The Labute approximate surface area is 111 Å². The van der Waals surface area contributed by atoms with Crippen LogP contribution in [0.3, 0.4) is 0 Å². The second kappa shape index (κ2) is 6.05. The average Bonchev–Trinajstić information content (AvgIpc) is 2.31. The van der Waals surface area contributed by atoms with Crippen LogP contribution in [0.1, 0.15) is 5.56 Å². The van der Waals surface area contributed by atoms with Crippen LogP contribution in [0.2, 0.25) is 0 Å². The van der Waals surface area contributed by atoms with E-state index in [2.05, 4.69) is 70.5 Å². The maximum atomic E-state index is 3.64. The van der Waals surface area contributed by atoms with E-state index in [1.165, 1.54) is 13.4 Å². The van der Waals surface area contributed by atoms with Gasteiger partial charge in [0.05, 0.1) is 0 Å². The number of hydrogen-bond acceptors (Lipinski definition) is 0. The molecule has 16 heavy (non-hydrogen) atoms. The summed E-state index contributed by atoms with van der Waals surface area (Å²) in [6.45, 7) is 0. The third-order valence-corrected chi connectivity index (χ3v) is 4.83. The third kappa shape index (κ3) is 3.64. The fourth-order valence-corrected chi connectivity index (χ4v) is 4.04. The minimum absolute atomic E-state index is 0.358. The molecule has 0 atom stereocenters. The van der Waals surface area contributed by atoms with Crippen molar-refractivity contribution in [2.45, 2.75) is 0 Å². The van der Waals surface area contributed by atoms with Gasteiger partial charge in [0.1, 0.15) is 0 Å². The number of halogens is 1. The number of benzene rings is 2. The van der Waals surface area contributed by atoms with Crippen molar-refractivity contribution < 1.29 is 0 Å². The number of rotatable bonds is 3. The van der Waals surface area contributed by atoms with Crippen LogP contribution in [0.25, 0.3) is 6.08 Å². The molecule has 2 rings (SSSR count). The Morgan fingerprint density at radius 2 is 1.44 bits per heavy atom. The van der Waals surface area contributed by atoms with Gasteiger partial charge in [0.2, 0.25) is 0 Å². The van der Waals surface area contributed by atoms with E-state index in [9.17, 15) is 0 Å². The Hall–Kier alpha value is -0.821. The molecular formula is C14H11BrSe. The van der Waals surface area contributed by atoms with Gasteiger partial charge in [-0.25, -0.2) is 0 Å². The fourth-order valence-electron chi connectivity index (χ4n) is 1.31. The zero-order valence-corrected chi connectivity index (χ0v) is 11.9. The molecule has 0 N–H and O–H groups in total. The summed E-state index contributed by atoms with van der Waals surface area (Å²) in [5, 5.41) is 0. The van der Waals surface area contributed by atoms with E-state index < -0.39 is 0 Å². The SMILES string of the molecule is Br/C(=C\c1ccccc1)[Se]c1ccccc1. The van der Waals surface area contributed by atoms with Gasteiger partial charge in [-0.2, -0.15) is 0 Å². The average molecular weight is 338 g/mol. The minimum atomic E-state index is 0.358. The summed E-state index contributed by atoms with van der Waals surface area (Å²) >= 11 is 4.00. The van der Waals surface area contributed by atoms with Crippen LogP contribution < -0.4 is 4.46 Å². The van der Waals surface area contributed by atoms with Gasteiger partial charge in [0.25, 0.3) is 0 Å². The molecule has 0 fully saturated rings. The van der Waals surface area contributed by atoms with Crippen LogP contribution in [0.15, 0.2) is 64.0 Å². The van der Waals surface area contributed by atoms with E-state index in [1.54, 1.807) is 0 Å². The summed E-state index contributed by atoms with van der Waals surface area (Å²) in [6.07, 6.45) is 2.19. The van der Waals surface area contributed by atoms with Crippen LogP contribution >= 0.6 is 15.9 Å². The van der Waals surface area contributed by atoms with Gasteiger partial charge in [0, 0.05) is 0 Å². The van der Waals surface area contributed by atoms with Crippen molar-refractivity contribution in [3.8, 4) is 0 Å². The standard InChI is InChI=1S/C14H11BrSe/c15-14(11-12-7-3-1-4-8-12)16-13-9-5-2-6-10-13/h1-11H/b14-11+. The van der Waals surface area contributed by atoms with Crippen molar-refractivity contribution in [2.24, 2.45) is 0 Å². The molecule has 0 unspecified atom stereocenters. The molecule has 0 radical (unpaired) electrons. The summed E-state index contributed by atoms with van der Waals surface area (Å²) < 4.78 is 2.64. The van der Waals surface area contributed by atoms with Crippen LogP contribution in [-0.4, -0.2) is 15.0 Å². The maximum absolute atomic E-state index is 3.64. The monoisotopic (exact) mass is 338 g/mol. The van der Waals surface area contributed by atoms with Gasteiger partial charge in [-0.15, -0.1) is 0 Å². The van der Waals surface area contributed by atoms with Crippen molar-refractivity contribution in [2.75, 3.05) is 0 Å². The Balaban J connectivity index is 2.09. The Bertz CT molecular complexity index is 463. The third-order valence-electron chi connectivity index (χ3n) is 2.04. The molecule has 2 aromatic rings. The number of hydrogen-bond donors (Lipinski definition) is 0. The van der Waals surface area contributed by atoms with E-state index in [0.717, 1.165) is 0 Å². The van der Waals surface area contributed by atoms with Crippen LogP contribution in [0, 0.1) is 0 Å². The molecule has 0 nitrogen and oxygen atoms in total. The van der Waals surface area contributed by atoms with Gasteiger partial charge in [0.15, 0.2) is 0 Å². The molecule has 0 saturated heterocycles. The van der Waals surface area contributed by atoms with Gasteiger partial charge < -0.3 is 0 Å². The first-order chi connectivity index (χ1) is 7.84. The van der Waals surface area contributed by atoms with Crippen molar-refractivity contribution in [3.05, 3.63) is 69.6 Å². The molecule has 2 heteroatoms. The first kappa shape index (κ1) is 11.7. The molecule has 0 heterocycles. The van der Waals surface area contributed by atoms with Crippen molar-refractivity contribution in [3.63, 3.8) is 0 Å². The van der Waals surface area contributed by atoms with Crippen molar-refractivity contribution >= 4 is 41.4 Å². The van der Waals surface area contributed by atoms with E-state index in [-0.39, 0.29) is 0 Å². The molecule has 0 aliphatic heterocycles. The first-order valence-electron chi connectivity index (χ1n) is 5.00. The topological polar surface area (TPSA) is 0 Å². The van der Waals surface area contributed by atoms with Crippen LogP contribution in [0.5, 0.6) is 0 Å². The Morgan fingerprint density at radius 1 is 0.875 bits per heavy atom. The summed E-state index contributed by atoms with van der Waals surface area (Å²) in [5.41, 5.74) is 1.24. The predicted octanol–water partition coefficient (Wildman–Crippen LogP) is 3.41. The summed E-state index contributed by atoms with van der Waals surface area (Å²) in [4.78, 5) is 0. The van der Waals surface area contributed by atoms with Gasteiger partial charge in [-0.05, 0) is 0 Å². The summed E-state index contributed by atoms with van der Waals surface area (Å²) in [5.74, 6) is 0. The molecule has 0 aromatic heterocycles. The van der Waals surface area contributed by atoms with Gasteiger partial charge in [-0.3, -0.25) is 0 Å². The second-order valence-corrected chi connectivity index (χ2v) is 7.65. The first-order valence-corrected chi connectivity index (χ1v) is 7.50. The predicted molar refractivity (Wildman–Crippen MR) is 75.2 cm³/mol. The van der Waals surface area contributed by atoms with E-state index >= 15 is 0 Å². The van der Waals surface area contributed by atoms with Gasteiger partial charge in [-0.1, -0.05) is 0 Å². The van der Waals surface area contributed by atoms with Crippen molar-refractivity contribution in [1.29, 1.82) is 0 Å². The molecule has 0 amide bonds. The molecule has 0 aliphatic carbocycles. The van der Waals surface area contributed by atoms with Crippen molar-refractivity contribution in [1.82, 2.24) is 0 Å². The molecular weight excluding hydrogens is 327 g/mol. The quantitative estimate of drug-likeness (QED) is 0.753. The normalized spacial score (nSPS) is 11.4. The zero-order chi connectivity index (χ0) is 11.2. The molecule has 80 valence electrons. The molecule has 2 aromatic carbocycles. The van der Waals surface area contributed by atoms with Crippen LogP contribution in [0.4, 0.5) is 0 Å². The van der Waals surface area contributed by atoms with E-state index in [4.69, 9.17) is 0 Å². The second-order valence-electron chi connectivity index (χ2n) is 3.27. The molecule has 0 aliphatic rings. The summed E-state index contributed by atoms with van der Waals surface area (Å²) in [7, 11) is 0. The van der Waals surface area contributed by atoms with E-state index in [1.807, 2.05) is 12.1 Å². The summed E-state index contributed by atoms with van der Waals surface area (Å²) in [6, 6.07) is 20.9. The van der Waals surface area contributed by atoms with Gasteiger partial charge >= 0.3 is 111 Å². The Morgan fingerprint density at radius 3 is 2.06 bits per heavy atom. The fraction of sp³-hybridized carbons (Fsp3) is 0. The molecule has 0 saturated carbocycles. The molecule has 0 bridgehead atoms. The Kier molecular flexibility index (Phi) is 4.41. The van der Waals surface area contributed by atoms with Crippen LogP contribution in [-0.2, 0) is 0 Å². The van der Waals surface area contributed by atoms with E-state index in [0.29, 0.717) is 15.0 Å². The molecule has 0 spiro atoms. The zero-order valence-electron chi connectivity index (χ0n) is 8.64.